The van der Waals surface area contributed by atoms with Gasteiger partial charge in [-0.3, -0.25) is 9.32 Å². The fraction of sp³-hybridized carbons (Fsp3) is 0.818. The molecule has 0 aliphatic carbocycles. The van der Waals surface area contributed by atoms with Crippen molar-refractivity contribution in [3.05, 3.63) is 0 Å². The summed E-state index contributed by atoms with van der Waals surface area (Å²) in [5.74, 6) is -1.89. The highest BCUT2D eigenvalue weighted by molar-refractivity contribution is 7.46. The van der Waals surface area contributed by atoms with Gasteiger partial charge in [0.05, 0.1) is 6.10 Å². The SMILES string of the molecule is CCCCCCC(=O)N[C@H](C(=O)O)[C@@H](C)OP(=O)(O)O. The Hall–Kier alpha value is -0.950. The number of carboxylic acid groups (broad SMARTS) is 1. The van der Waals surface area contributed by atoms with Crippen molar-refractivity contribution in [2.75, 3.05) is 0 Å². The summed E-state index contributed by atoms with van der Waals surface area (Å²) in [4.78, 5) is 39.8. The first kappa shape index (κ1) is 19.1. The molecule has 20 heavy (non-hydrogen) atoms. The minimum atomic E-state index is -4.80. The van der Waals surface area contributed by atoms with E-state index in [0.717, 1.165) is 19.3 Å². The average molecular weight is 311 g/mol. The Morgan fingerprint density at radius 3 is 2.30 bits per heavy atom. The van der Waals surface area contributed by atoms with Gasteiger partial charge in [-0.1, -0.05) is 26.2 Å². The van der Waals surface area contributed by atoms with E-state index in [2.05, 4.69) is 9.84 Å². The first-order valence-corrected chi connectivity index (χ1v) is 7.96. The lowest BCUT2D eigenvalue weighted by atomic mass is 10.1. The molecule has 0 radical (unpaired) electrons. The zero-order valence-corrected chi connectivity index (χ0v) is 12.5. The molecule has 0 saturated carbocycles. The van der Waals surface area contributed by atoms with Crippen molar-refractivity contribution >= 4 is 19.7 Å². The highest BCUT2D eigenvalue weighted by Gasteiger charge is 2.31. The number of amides is 1. The third-order valence-corrected chi connectivity index (χ3v) is 3.22. The smallest absolute Gasteiger partial charge is 0.469 e. The van der Waals surface area contributed by atoms with Crippen LogP contribution < -0.4 is 5.32 Å². The van der Waals surface area contributed by atoms with Crippen molar-refractivity contribution in [2.24, 2.45) is 0 Å². The number of hydrogen-bond donors (Lipinski definition) is 4. The zero-order valence-electron chi connectivity index (χ0n) is 11.6. The molecule has 0 rings (SSSR count). The van der Waals surface area contributed by atoms with Gasteiger partial charge in [0.1, 0.15) is 0 Å². The van der Waals surface area contributed by atoms with Crippen molar-refractivity contribution in [1.82, 2.24) is 5.32 Å². The maximum atomic E-state index is 11.6. The summed E-state index contributed by atoms with van der Waals surface area (Å²) in [6.07, 6.45) is 2.36. The summed E-state index contributed by atoms with van der Waals surface area (Å²) >= 11 is 0. The van der Waals surface area contributed by atoms with Gasteiger partial charge in [0.15, 0.2) is 6.04 Å². The number of aliphatic carboxylic acids is 1. The number of rotatable bonds is 10. The highest BCUT2D eigenvalue weighted by atomic mass is 31.2. The van der Waals surface area contributed by atoms with E-state index in [1.807, 2.05) is 6.92 Å². The predicted molar refractivity (Wildman–Crippen MR) is 70.9 cm³/mol. The van der Waals surface area contributed by atoms with Crippen LogP contribution in [-0.2, 0) is 18.7 Å². The monoisotopic (exact) mass is 311 g/mol. The topological polar surface area (TPSA) is 133 Å². The lowest BCUT2D eigenvalue weighted by Gasteiger charge is -2.21. The van der Waals surface area contributed by atoms with E-state index in [4.69, 9.17) is 14.9 Å². The lowest BCUT2D eigenvalue weighted by molar-refractivity contribution is -0.144. The van der Waals surface area contributed by atoms with E-state index < -0.39 is 31.8 Å². The fourth-order valence-corrected chi connectivity index (χ4v) is 2.17. The molecule has 0 aromatic rings. The molecule has 0 aliphatic rings. The van der Waals surface area contributed by atoms with E-state index in [9.17, 15) is 14.2 Å². The molecule has 0 unspecified atom stereocenters. The summed E-state index contributed by atoms with van der Waals surface area (Å²) in [5.41, 5.74) is 0. The number of phosphoric ester groups is 1. The van der Waals surface area contributed by atoms with Gasteiger partial charge in [-0.25, -0.2) is 9.36 Å². The van der Waals surface area contributed by atoms with Gasteiger partial charge in [0.25, 0.3) is 0 Å². The molecule has 8 nitrogen and oxygen atoms in total. The molecular weight excluding hydrogens is 289 g/mol. The van der Waals surface area contributed by atoms with Crippen molar-refractivity contribution in [1.29, 1.82) is 0 Å². The fourth-order valence-electron chi connectivity index (χ4n) is 1.62. The molecule has 0 spiro atoms. The number of nitrogens with one attached hydrogen (secondary N) is 1. The molecule has 0 aromatic heterocycles. The van der Waals surface area contributed by atoms with E-state index >= 15 is 0 Å². The third kappa shape index (κ3) is 9.03. The molecule has 0 bridgehead atoms. The van der Waals surface area contributed by atoms with Gasteiger partial charge in [0.2, 0.25) is 5.91 Å². The normalized spacial score (nSPS) is 14.6. The summed E-state index contributed by atoms with van der Waals surface area (Å²) in [5, 5.41) is 11.2. The van der Waals surface area contributed by atoms with Gasteiger partial charge in [-0.05, 0) is 13.3 Å². The third-order valence-electron chi connectivity index (χ3n) is 2.61. The molecule has 0 heterocycles. The van der Waals surface area contributed by atoms with Crippen LogP contribution in [0.1, 0.15) is 46.0 Å². The Bertz CT molecular complexity index is 368. The maximum absolute atomic E-state index is 11.6. The molecule has 0 saturated heterocycles. The Morgan fingerprint density at radius 1 is 1.25 bits per heavy atom. The molecule has 0 aromatic carbocycles. The van der Waals surface area contributed by atoms with Crippen molar-refractivity contribution in [3.8, 4) is 0 Å². The van der Waals surface area contributed by atoms with Gasteiger partial charge >= 0.3 is 13.8 Å². The predicted octanol–water partition coefficient (Wildman–Crippen LogP) is 1.02. The molecule has 118 valence electrons. The molecule has 1 amide bonds. The zero-order chi connectivity index (χ0) is 15.8. The molecule has 9 heteroatoms. The largest absolute Gasteiger partial charge is 0.480 e. The number of carbonyl (C=O) groups excluding carboxylic acids is 1. The minimum absolute atomic E-state index is 0.173. The van der Waals surface area contributed by atoms with Crippen molar-refractivity contribution in [3.63, 3.8) is 0 Å². The van der Waals surface area contributed by atoms with Crippen LogP contribution in [0.15, 0.2) is 0 Å². The van der Waals surface area contributed by atoms with E-state index in [1.54, 1.807) is 0 Å². The van der Waals surface area contributed by atoms with Gasteiger partial charge in [-0.15, -0.1) is 0 Å². The van der Waals surface area contributed by atoms with Crippen molar-refractivity contribution < 1.29 is 33.6 Å². The lowest BCUT2D eigenvalue weighted by Crippen LogP contribution is -2.48. The van der Waals surface area contributed by atoms with Crippen LogP contribution in [0.3, 0.4) is 0 Å². The van der Waals surface area contributed by atoms with Crippen LogP contribution in [0.4, 0.5) is 0 Å². The Kier molecular flexibility index (Phi) is 8.64. The average Bonchev–Trinajstić information content (AvgIpc) is 2.29. The minimum Gasteiger partial charge on any atom is -0.480 e. The number of carboxylic acids is 1. The second-order valence-corrected chi connectivity index (χ2v) is 5.69. The van der Waals surface area contributed by atoms with E-state index in [1.165, 1.54) is 6.92 Å². The number of unbranched alkanes of at least 4 members (excludes halogenated alkanes) is 3. The first-order chi connectivity index (χ1) is 9.17. The van der Waals surface area contributed by atoms with Gasteiger partial charge in [0, 0.05) is 6.42 Å². The van der Waals surface area contributed by atoms with Crippen LogP contribution in [0.5, 0.6) is 0 Å². The highest BCUT2D eigenvalue weighted by Crippen LogP contribution is 2.38. The van der Waals surface area contributed by atoms with Crippen LogP contribution in [0.2, 0.25) is 0 Å². The Balaban J connectivity index is 4.36. The maximum Gasteiger partial charge on any atom is 0.469 e. The number of hydrogen-bond acceptors (Lipinski definition) is 4. The summed E-state index contributed by atoms with van der Waals surface area (Å²) in [6, 6.07) is -1.50. The summed E-state index contributed by atoms with van der Waals surface area (Å²) in [7, 11) is -4.80. The molecule has 0 aliphatic heterocycles. The van der Waals surface area contributed by atoms with Gasteiger partial charge < -0.3 is 20.2 Å². The number of phosphoric acid groups is 1. The Morgan fingerprint density at radius 2 is 1.85 bits per heavy atom. The second-order valence-electron chi connectivity index (χ2n) is 4.50. The summed E-state index contributed by atoms with van der Waals surface area (Å²) < 4.78 is 14.9. The van der Waals surface area contributed by atoms with E-state index in [-0.39, 0.29) is 6.42 Å². The molecule has 0 fully saturated rings. The van der Waals surface area contributed by atoms with Crippen molar-refractivity contribution in [2.45, 2.75) is 58.1 Å². The molecular formula is C11H22NO7P. The van der Waals surface area contributed by atoms with E-state index in [0.29, 0.717) is 6.42 Å². The van der Waals surface area contributed by atoms with Crippen LogP contribution in [0.25, 0.3) is 0 Å². The molecule has 4 N–H and O–H groups in total. The van der Waals surface area contributed by atoms with Crippen LogP contribution in [0, 0.1) is 0 Å². The quantitative estimate of drug-likeness (QED) is 0.349. The first-order valence-electron chi connectivity index (χ1n) is 6.43. The number of carbonyl (C=O) groups is 2. The van der Waals surface area contributed by atoms with Gasteiger partial charge in [-0.2, -0.15) is 0 Å². The van der Waals surface area contributed by atoms with Crippen LogP contribution in [-0.4, -0.2) is 38.9 Å². The summed E-state index contributed by atoms with van der Waals surface area (Å²) in [6.45, 7) is 3.21. The molecule has 2 atom stereocenters. The Labute approximate surface area is 117 Å². The standard InChI is InChI=1S/C11H22NO7P/c1-3-4-5-6-7-9(13)12-10(11(14)15)8(2)19-20(16,17)18/h8,10H,3-7H2,1-2H3,(H,12,13)(H,14,15)(H2,16,17,18)/t8-,10+/m1/s1. The van der Waals surface area contributed by atoms with Crippen LogP contribution >= 0.6 is 7.82 Å². The second kappa shape index (κ2) is 9.07.